The first kappa shape index (κ1) is 12.8. The molecule has 3 heteroatoms. The van der Waals surface area contributed by atoms with Gasteiger partial charge >= 0.3 is 0 Å². The molecule has 0 saturated carbocycles. The van der Waals surface area contributed by atoms with Crippen LogP contribution in [0.25, 0.3) is 0 Å². The quantitative estimate of drug-likeness (QED) is 0.491. The van der Waals surface area contributed by atoms with Gasteiger partial charge in [0, 0.05) is 6.42 Å². The molecule has 0 amide bonds. The first-order valence-corrected chi connectivity index (χ1v) is 4.26. The van der Waals surface area contributed by atoms with E-state index in [4.69, 9.17) is 0 Å². The largest absolute Gasteiger partial charge is 0.290 e. The summed E-state index contributed by atoms with van der Waals surface area (Å²) in [4.78, 5) is 11.2. The molecular formula is C11H14F2O. The van der Waals surface area contributed by atoms with E-state index < -0.39 is 6.43 Å². The summed E-state index contributed by atoms with van der Waals surface area (Å²) in [6.07, 6.45) is 1.36. The normalized spacial score (nSPS) is 12.5. The molecule has 0 saturated heterocycles. The number of alkyl halides is 2. The Balaban J connectivity index is 4.25. The molecule has 0 aromatic rings. The van der Waals surface area contributed by atoms with Crippen molar-refractivity contribution < 1.29 is 13.6 Å². The predicted molar refractivity (Wildman–Crippen MR) is 53.3 cm³/mol. The molecule has 0 rings (SSSR count). The van der Waals surface area contributed by atoms with Crippen molar-refractivity contribution in [2.45, 2.75) is 26.7 Å². The molecule has 0 aliphatic rings. The lowest BCUT2D eigenvalue weighted by atomic mass is 10.1. The van der Waals surface area contributed by atoms with Crippen molar-refractivity contribution in [2.75, 3.05) is 0 Å². The zero-order valence-electron chi connectivity index (χ0n) is 8.39. The Morgan fingerprint density at radius 3 is 2.36 bits per heavy atom. The number of rotatable bonds is 5. The van der Waals surface area contributed by atoms with Crippen LogP contribution in [0.3, 0.4) is 0 Å². The summed E-state index contributed by atoms with van der Waals surface area (Å²) < 4.78 is 23.6. The molecule has 1 nitrogen and oxygen atoms in total. The molecule has 0 aromatic heterocycles. The molecule has 0 aromatic carbocycles. The van der Waals surface area contributed by atoms with E-state index in [0.29, 0.717) is 5.57 Å². The van der Waals surface area contributed by atoms with Gasteiger partial charge in [-0.15, -0.1) is 0 Å². The Labute approximate surface area is 82.8 Å². The fourth-order valence-electron chi connectivity index (χ4n) is 0.716. The van der Waals surface area contributed by atoms with Crippen molar-refractivity contribution in [1.29, 1.82) is 0 Å². The third-order valence-electron chi connectivity index (χ3n) is 1.51. The fourth-order valence-corrected chi connectivity index (χ4v) is 0.716. The molecule has 14 heavy (non-hydrogen) atoms. The summed E-state index contributed by atoms with van der Waals surface area (Å²) in [5, 5.41) is 0. The number of hydrogen-bond acceptors (Lipinski definition) is 1. The molecule has 0 bridgehead atoms. The van der Waals surface area contributed by atoms with Gasteiger partial charge in [0.25, 0.3) is 0 Å². The molecule has 78 valence electrons. The van der Waals surface area contributed by atoms with E-state index >= 15 is 0 Å². The molecule has 0 N–H and O–H groups in total. The second-order valence-corrected chi connectivity index (χ2v) is 3.06. The first-order chi connectivity index (χ1) is 6.43. The maximum Gasteiger partial charge on any atom is 0.242 e. The molecule has 0 aliphatic carbocycles. The number of halogens is 2. The standard InChI is InChI=1S/C11H14F2O/c1-8(2)4-6-10(14)9(3)5-7-11(12)13/h4-6,11H,1,7H2,2-3H3/b6-4-,9-5-. The highest BCUT2D eigenvalue weighted by atomic mass is 19.3. The number of allylic oxidation sites excluding steroid dienone is 5. The van der Waals surface area contributed by atoms with Gasteiger partial charge in [0.15, 0.2) is 5.78 Å². The van der Waals surface area contributed by atoms with E-state index in [1.807, 2.05) is 0 Å². The van der Waals surface area contributed by atoms with Crippen LogP contribution in [0.4, 0.5) is 8.78 Å². The average molecular weight is 200 g/mol. The molecule has 0 atom stereocenters. The Hall–Kier alpha value is -1.25. The number of ketones is 1. The Morgan fingerprint density at radius 1 is 1.36 bits per heavy atom. The Kier molecular flexibility index (Phi) is 5.68. The lowest BCUT2D eigenvalue weighted by molar-refractivity contribution is -0.111. The van der Waals surface area contributed by atoms with E-state index in [1.165, 1.54) is 19.1 Å². The molecule has 0 aliphatic heterocycles. The van der Waals surface area contributed by atoms with E-state index in [2.05, 4.69) is 6.58 Å². The average Bonchev–Trinajstić information content (AvgIpc) is 2.09. The number of carbonyl (C=O) groups excluding carboxylic acids is 1. The van der Waals surface area contributed by atoms with Gasteiger partial charge in [-0.3, -0.25) is 4.79 Å². The van der Waals surface area contributed by atoms with Crippen molar-refractivity contribution >= 4 is 5.78 Å². The topological polar surface area (TPSA) is 17.1 Å². The highest BCUT2D eigenvalue weighted by Crippen LogP contribution is 2.05. The molecule has 0 fully saturated rings. The van der Waals surface area contributed by atoms with E-state index in [-0.39, 0.29) is 12.2 Å². The summed E-state index contributed by atoms with van der Waals surface area (Å²) in [5.41, 5.74) is 1.09. The van der Waals surface area contributed by atoms with Crippen LogP contribution in [0.2, 0.25) is 0 Å². The summed E-state index contributed by atoms with van der Waals surface area (Å²) >= 11 is 0. The summed E-state index contributed by atoms with van der Waals surface area (Å²) in [6, 6.07) is 0. The van der Waals surface area contributed by atoms with Crippen molar-refractivity contribution in [3.8, 4) is 0 Å². The summed E-state index contributed by atoms with van der Waals surface area (Å²) in [6.45, 7) is 6.86. The van der Waals surface area contributed by atoms with Crippen LogP contribution in [0.15, 0.2) is 36.0 Å². The van der Waals surface area contributed by atoms with Crippen LogP contribution in [0.5, 0.6) is 0 Å². The smallest absolute Gasteiger partial charge is 0.242 e. The van der Waals surface area contributed by atoms with Crippen LogP contribution >= 0.6 is 0 Å². The molecule has 0 radical (unpaired) electrons. The zero-order chi connectivity index (χ0) is 11.1. The van der Waals surface area contributed by atoms with E-state index in [0.717, 1.165) is 5.57 Å². The minimum atomic E-state index is -2.40. The van der Waals surface area contributed by atoms with Gasteiger partial charge in [0.2, 0.25) is 6.43 Å². The van der Waals surface area contributed by atoms with Gasteiger partial charge in [-0.1, -0.05) is 24.3 Å². The van der Waals surface area contributed by atoms with Crippen LogP contribution < -0.4 is 0 Å². The maximum absolute atomic E-state index is 11.8. The summed E-state index contributed by atoms with van der Waals surface area (Å²) in [7, 11) is 0. The maximum atomic E-state index is 11.8. The highest BCUT2D eigenvalue weighted by Gasteiger charge is 2.02. The monoisotopic (exact) mass is 200 g/mol. The first-order valence-electron chi connectivity index (χ1n) is 4.26. The van der Waals surface area contributed by atoms with Gasteiger partial charge in [0.05, 0.1) is 0 Å². The van der Waals surface area contributed by atoms with Gasteiger partial charge in [0.1, 0.15) is 0 Å². The molecule has 0 heterocycles. The van der Waals surface area contributed by atoms with Crippen LogP contribution in [-0.2, 0) is 4.79 Å². The van der Waals surface area contributed by atoms with Gasteiger partial charge < -0.3 is 0 Å². The highest BCUT2D eigenvalue weighted by molar-refractivity contribution is 6.03. The zero-order valence-corrected chi connectivity index (χ0v) is 8.39. The van der Waals surface area contributed by atoms with E-state index in [1.54, 1.807) is 13.0 Å². The van der Waals surface area contributed by atoms with E-state index in [9.17, 15) is 13.6 Å². The third kappa shape index (κ3) is 6.29. The van der Waals surface area contributed by atoms with Crippen molar-refractivity contribution in [1.82, 2.24) is 0 Å². The SMILES string of the molecule is C=C(C)/C=C\C(=O)/C(C)=C\CC(F)F. The van der Waals surface area contributed by atoms with Gasteiger partial charge in [-0.2, -0.15) is 0 Å². The Bertz CT molecular complexity index is 275. The fraction of sp³-hybridized carbons (Fsp3) is 0.364. The third-order valence-corrected chi connectivity index (χ3v) is 1.51. The number of hydrogen-bond donors (Lipinski definition) is 0. The Morgan fingerprint density at radius 2 is 1.93 bits per heavy atom. The second kappa shape index (κ2) is 6.24. The van der Waals surface area contributed by atoms with Crippen LogP contribution in [0.1, 0.15) is 20.3 Å². The minimum absolute atomic E-state index is 0.256. The molecular weight excluding hydrogens is 186 g/mol. The van der Waals surface area contributed by atoms with Crippen LogP contribution in [-0.4, -0.2) is 12.2 Å². The van der Waals surface area contributed by atoms with Crippen molar-refractivity contribution in [3.63, 3.8) is 0 Å². The minimum Gasteiger partial charge on any atom is -0.290 e. The predicted octanol–water partition coefficient (Wildman–Crippen LogP) is 3.29. The lowest BCUT2D eigenvalue weighted by Gasteiger charge is -1.95. The van der Waals surface area contributed by atoms with Crippen LogP contribution in [0, 0.1) is 0 Å². The molecule has 0 spiro atoms. The van der Waals surface area contributed by atoms with Gasteiger partial charge in [-0.25, -0.2) is 8.78 Å². The second-order valence-electron chi connectivity index (χ2n) is 3.06. The summed E-state index contributed by atoms with van der Waals surface area (Å²) in [5.74, 6) is -0.256. The van der Waals surface area contributed by atoms with Gasteiger partial charge in [-0.05, 0) is 25.5 Å². The lowest BCUT2D eigenvalue weighted by Crippen LogP contribution is -1.96. The van der Waals surface area contributed by atoms with Crippen molar-refractivity contribution in [3.05, 3.63) is 36.0 Å². The molecule has 0 unspecified atom stereocenters. The van der Waals surface area contributed by atoms with Crippen molar-refractivity contribution in [2.24, 2.45) is 0 Å². The number of carbonyl (C=O) groups is 1.